The van der Waals surface area contributed by atoms with Crippen molar-refractivity contribution in [2.75, 3.05) is 0 Å². The summed E-state index contributed by atoms with van der Waals surface area (Å²) in [5.41, 5.74) is 0. The number of halogens is 2. The molecule has 72 valence electrons. The summed E-state index contributed by atoms with van der Waals surface area (Å²) >= 11 is 3.12. The Labute approximate surface area is 87.6 Å². The minimum atomic E-state index is -3.79. The van der Waals surface area contributed by atoms with E-state index in [1.54, 1.807) is 0 Å². The van der Waals surface area contributed by atoms with Crippen LogP contribution in [0.25, 0.3) is 0 Å². The Morgan fingerprint density at radius 2 is 2.08 bits per heavy atom. The standard InChI is InChI=1S/C5H5BrClN3O2S/c6-4-8-9-5(13(7,11)12)10(4)3-1-2-3/h3H,1-2H2. The minimum Gasteiger partial charge on any atom is -0.288 e. The summed E-state index contributed by atoms with van der Waals surface area (Å²) < 4.78 is 24.0. The highest BCUT2D eigenvalue weighted by molar-refractivity contribution is 9.10. The van der Waals surface area contributed by atoms with Gasteiger partial charge in [-0.2, -0.15) is 0 Å². The maximum atomic E-state index is 11.0. The van der Waals surface area contributed by atoms with E-state index in [1.807, 2.05) is 0 Å². The molecule has 1 heterocycles. The van der Waals surface area contributed by atoms with E-state index in [1.165, 1.54) is 4.57 Å². The first-order valence-electron chi connectivity index (χ1n) is 3.55. The molecule has 2 rings (SSSR count). The zero-order chi connectivity index (χ0) is 9.64. The Morgan fingerprint density at radius 3 is 2.54 bits per heavy atom. The van der Waals surface area contributed by atoms with Crippen LogP contribution in [0, 0.1) is 0 Å². The normalized spacial score (nSPS) is 17.7. The van der Waals surface area contributed by atoms with Gasteiger partial charge in [0.05, 0.1) is 0 Å². The Hall–Kier alpha value is -0.140. The summed E-state index contributed by atoms with van der Waals surface area (Å²) in [7, 11) is 1.39. The molecule has 0 aliphatic heterocycles. The average molecular weight is 287 g/mol. The van der Waals surface area contributed by atoms with Gasteiger partial charge in [-0.15, -0.1) is 10.2 Å². The average Bonchev–Trinajstić information content (AvgIpc) is 2.73. The van der Waals surface area contributed by atoms with E-state index in [9.17, 15) is 8.42 Å². The van der Waals surface area contributed by atoms with Crippen molar-refractivity contribution in [3.8, 4) is 0 Å². The van der Waals surface area contributed by atoms with Crippen LogP contribution in [0.4, 0.5) is 0 Å². The summed E-state index contributed by atoms with van der Waals surface area (Å²) in [6.45, 7) is 0. The van der Waals surface area contributed by atoms with Gasteiger partial charge in [-0.3, -0.25) is 4.57 Å². The van der Waals surface area contributed by atoms with Gasteiger partial charge in [0.25, 0.3) is 14.2 Å². The third-order valence-corrected chi connectivity index (χ3v) is 3.42. The van der Waals surface area contributed by atoms with Gasteiger partial charge in [0.1, 0.15) is 0 Å². The first-order valence-corrected chi connectivity index (χ1v) is 6.65. The zero-order valence-corrected chi connectivity index (χ0v) is 9.47. The second kappa shape index (κ2) is 2.93. The Bertz CT molecular complexity index is 439. The van der Waals surface area contributed by atoms with Crippen molar-refractivity contribution in [2.24, 2.45) is 0 Å². The number of rotatable bonds is 2. The first kappa shape index (κ1) is 9.42. The molecule has 0 amide bonds. The summed E-state index contributed by atoms with van der Waals surface area (Å²) in [6.07, 6.45) is 1.88. The van der Waals surface area contributed by atoms with Crippen LogP contribution in [0.3, 0.4) is 0 Å². The van der Waals surface area contributed by atoms with Crippen molar-refractivity contribution in [2.45, 2.75) is 24.0 Å². The highest BCUT2D eigenvalue weighted by Gasteiger charge is 2.32. The Kier molecular flexibility index (Phi) is 2.12. The van der Waals surface area contributed by atoms with E-state index in [-0.39, 0.29) is 11.2 Å². The summed E-state index contributed by atoms with van der Waals surface area (Å²) in [6, 6.07) is 0.174. The molecule has 0 atom stereocenters. The fraction of sp³-hybridized carbons (Fsp3) is 0.600. The maximum absolute atomic E-state index is 11.0. The summed E-state index contributed by atoms with van der Waals surface area (Å²) in [4.78, 5) is 0. The van der Waals surface area contributed by atoms with E-state index in [4.69, 9.17) is 10.7 Å². The van der Waals surface area contributed by atoms with Crippen molar-refractivity contribution in [1.82, 2.24) is 14.8 Å². The van der Waals surface area contributed by atoms with Gasteiger partial charge in [-0.05, 0) is 28.8 Å². The van der Waals surface area contributed by atoms with E-state index in [0.29, 0.717) is 4.73 Å². The van der Waals surface area contributed by atoms with Gasteiger partial charge < -0.3 is 0 Å². The fourth-order valence-electron chi connectivity index (χ4n) is 1.07. The van der Waals surface area contributed by atoms with Gasteiger partial charge in [-0.25, -0.2) is 8.42 Å². The number of aromatic nitrogens is 3. The molecule has 0 aromatic carbocycles. The molecule has 0 spiro atoms. The molecule has 1 saturated carbocycles. The van der Waals surface area contributed by atoms with E-state index < -0.39 is 9.05 Å². The van der Waals surface area contributed by atoms with Crippen LogP contribution in [0.5, 0.6) is 0 Å². The second-order valence-corrected chi connectivity index (χ2v) is 5.96. The van der Waals surface area contributed by atoms with E-state index in [0.717, 1.165) is 12.8 Å². The minimum absolute atomic E-state index is 0.174. The Balaban J connectivity index is 2.58. The molecule has 1 aromatic heterocycles. The largest absolute Gasteiger partial charge is 0.296 e. The molecule has 0 saturated heterocycles. The van der Waals surface area contributed by atoms with Crippen molar-refractivity contribution in [3.63, 3.8) is 0 Å². The zero-order valence-electron chi connectivity index (χ0n) is 6.31. The number of hydrogen-bond acceptors (Lipinski definition) is 4. The third-order valence-electron chi connectivity index (χ3n) is 1.75. The quantitative estimate of drug-likeness (QED) is 0.769. The van der Waals surface area contributed by atoms with Crippen LogP contribution >= 0.6 is 26.6 Å². The van der Waals surface area contributed by atoms with Crippen LogP contribution in [-0.2, 0) is 9.05 Å². The molecule has 1 aliphatic rings. The third kappa shape index (κ3) is 1.72. The summed E-state index contributed by atoms with van der Waals surface area (Å²) in [5.74, 6) is 0. The molecule has 1 fully saturated rings. The Morgan fingerprint density at radius 1 is 1.46 bits per heavy atom. The topological polar surface area (TPSA) is 64.8 Å². The van der Waals surface area contributed by atoms with Crippen LogP contribution in [-0.4, -0.2) is 23.2 Å². The van der Waals surface area contributed by atoms with Crippen LogP contribution in [0.1, 0.15) is 18.9 Å². The fourth-order valence-corrected chi connectivity index (χ4v) is 2.64. The van der Waals surface area contributed by atoms with Crippen molar-refractivity contribution in [1.29, 1.82) is 0 Å². The highest BCUT2D eigenvalue weighted by Crippen LogP contribution is 2.39. The van der Waals surface area contributed by atoms with Crippen LogP contribution < -0.4 is 0 Å². The van der Waals surface area contributed by atoms with Crippen molar-refractivity contribution >= 4 is 35.7 Å². The van der Waals surface area contributed by atoms with Crippen molar-refractivity contribution in [3.05, 3.63) is 4.73 Å². The van der Waals surface area contributed by atoms with Crippen LogP contribution in [0.15, 0.2) is 9.89 Å². The smallest absolute Gasteiger partial charge is 0.288 e. The SMILES string of the molecule is O=S(=O)(Cl)c1nnc(Br)n1C1CC1. The molecular weight excluding hydrogens is 281 g/mol. The van der Waals surface area contributed by atoms with Crippen LogP contribution in [0.2, 0.25) is 0 Å². The number of hydrogen-bond donors (Lipinski definition) is 0. The first-order chi connectivity index (χ1) is 6.00. The molecule has 5 nitrogen and oxygen atoms in total. The molecule has 1 aromatic rings. The number of nitrogens with zero attached hydrogens (tertiary/aromatic N) is 3. The molecule has 1 aliphatic carbocycles. The van der Waals surface area contributed by atoms with E-state index in [2.05, 4.69) is 26.1 Å². The highest BCUT2D eigenvalue weighted by atomic mass is 79.9. The monoisotopic (exact) mass is 285 g/mol. The van der Waals surface area contributed by atoms with Gasteiger partial charge in [-0.1, -0.05) is 0 Å². The van der Waals surface area contributed by atoms with Gasteiger partial charge >= 0.3 is 0 Å². The molecule has 0 radical (unpaired) electrons. The molecule has 0 unspecified atom stereocenters. The maximum Gasteiger partial charge on any atom is 0.296 e. The van der Waals surface area contributed by atoms with Gasteiger partial charge in [0.15, 0.2) is 0 Å². The predicted molar refractivity (Wildman–Crippen MR) is 49.0 cm³/mol. The lowest BCUT2D eigenvalue weighted by atomic mass is 10.7. The molecule has 8 heteroatoms. The second-order valence-electron chi connectivity index (χ2n) is 2.79. The molecular formula is C5H5BrClN3O2S. The lowest BCUT2D eigenvalue weighted by molar-refractivity contribution is 0.574. The van der Waals surface area contributed by atoms with Gasteiger partial charge in [0.2, 0.25) is 4.73 Å². The van der Waals surface area contributed by atoms with Crippen molar-refractivity contribution < 1.29 is 8.42 Å². The molecule has 0 bridgehead atoms. The van der Waals surface area contributed by atoms with E-state index >= 15 is 0 Å². The summed E-state index contributed by atoms with van der Waals surface area (Å²) in [5, 5.41) is 6.93. The lowest BCUT2D eigenvalue weighted by Crippen LogP contribution is -2.04. The predicted octanol–water partition coefficient (Wildman–Crippen LogP) is 1.30. The molecule has 0 N–H and O–H groups in total. The van der Waals surface area contributed by atoms with Gasteiger partial charge in [0, 0.05) is 16.7 Å². The molecule has 13 heavy (non-hydrogen) atoms. The lowest BCUT2D eigenvalue weighted by Gasteiger charge is -2.01.